The topological polar surface area (TPSA) is 80.2 Å². The van der Waals surface area contributed by atoms with Crippen molar-refractivity contribution in [2.45, 2.75) is 13.5 Å². The molecule has 0 radical (unpaired) electrons. The highest BCUT2D eigenvalue weighted by Crippen LogP contribution is 2.08. The number of nitrogens with one attached hydrogen (secondary N) is 1. The van der Waals surface area contributed by atoms with Gasteiger partial charge in [-0.05, 0) is 19.1 Å². The summed E-state index contributed by atoms with van der Waals surface area (Å²) in [6.07, 6.45) is 3.15. The van der Waals surface area contributed by atoms with E-state index < -0.39 is 0 Å². The van der Waals surface area contributed by atoms with Crippen molar-refractivity contribution in [2.24, 2.45) is 0 Å². The van der Waals surface area contributed by atoms with Crippen LogP contribution in [0.15, 0.2) is 30.6 Å². The molecule has 0 aliphatic heterocycles. The molecule has 0 bridgehead atoms. The van der Waals surface area contributed by atoms with Gasteiger partial charge in [0, 0.05) is 32.6 Å². The fourth-order valence-corrected chi connectivity index (χ4v) is 1.73. The maximum Gasteiger partial charge on any atom is 0.253 e. The Morgan fingerprint density at radius 1 is 1.27 bits per heavy atom. The van der Waals surface area contributed by atoms with Crippen molar-refractivity contribution in [3.8, 4) is 5.88 Å². The third-order valence-electron chi connectivity index (χ3n) is 2.85. The monoisotopic (exact) mass is 301 g/mol. The molecule has 0 aliphatic carbocycles. The predicted molar refractivity (Wildman–Crippen MR) is 82.9 cm³/mol. The smallest absolute Gasteiger partial charge is 0.253 e. The van der Waals surface area contributed by atoms with Crippen molar-refractivity contribution in [1.82, 2.24) is 20.3 Å². The molecular formula is C15H19N5O2. The van der Waals surface area contributed by atoms with Gasteiger partial charge in [0.15, 0.2) is 0 Å². The molecule has 0 spiro atoms. The minimum atomic E-state index is -0.227. The fourth-order valence-electron chi connectivity index (χ4n) is 1.73. The largest absolute Gasteiger partial charge is 0.478 e. The van der Waals surface area contributed by atoms with Gasteiger partial charge < -0.3 is 15.0 Å². The third-order valence-corrected chi connectivity index (χ3v) is 2.85. The zero-order valence-corrected chi connectivity index (χ0v) is 12.9. The first-order valence-corrected chi connectivity index (χ1v) is 6.96. The number of carbonyl (C=O) groups excluding carboxylic acids is 1. The van der Waals surface area contributed by atoms with Gasteiger partial charge >= 0.3 is 0 Å². The third kappa shape index (κ3) is 4.15. The molecule has 116 valence electrons. The average Bonchev–Trinajstić information content (AvgIpc) is 2.54. The lowest BCUT2D eigenvalue weighted by atomic mass is 10.2. The Morgan fingerprint density at radius 3 is 2.73 bits per heavy atom. The minimum Gasteiger partial charge on any atom is -0.478 e. The van der Waals surface area contributed by atoms with Gasteiger partial charge in [0.25, 0.3) is 5.91 Å². The van der Waals surface area contributed by atoms with Gasteiger partial charge in [-0.15, -0.1) is 0 Å². The first-order chi connectivity index (χ1) is 10.6. The Morgan fingerprint density at radius 2 is 2.09 bits per heavy atom. The van der Waals surface area contributed by atoms with Crippen LogP contribution in [-0.4, -0.2) is 41.6 Å². The van der Waals surface area contributed by atoms with Crippen molar-refractivity contribution >= 4 is 11.7 Å². The molecule has 22 heavy (non-hydrogen) atoms. The second-order valence-electron chi connectivity index (χ2n) is 4.73. The molecule has 0 saturated heterocycles. The second-order valence-corrected chi connectivity index (χ2v) is 4.73. The summed E-state index contributed by atoms with van der Waals surface area (Å²) < 4.78 is 5.24. The van der Waals surface area contributed by atoms with Crippen molar-refractivity contribution in [1.29, 1.82) is 0 Å². The molecular weight excluding hydrogens is 282 g/mol. The molecule has 7 nitrogen and oxygen atoms in total. The molecule has 0 atom stereocenters. The predicted octanol–water partition coefficient (Wildman–Crippen LogP) is 1.27. The van der Waals surface area contributed by atoms with E-state index in [1.807, 2.05) is 32.0 Å². The lowest BCUT2D eigenvalue weighted by Gasteiger charge is -2.11. The number of carbonyl (C=O) groups is 1. The molecule has 2 heterocycles. The molecule has 0 aliphatic rings. The van der Waals surface area contributed by atoms with E-state index in [2.05, 4.69) is 20.3 Å². The summed E-state index contributed by atoms with van der Waals surface area (Å²) in [5, 5.41) is 2.77. The molecule has 2 aromatic rings. The quantitative estimate of drug-likeness (QED) is 0.865. The van der Waals surface area contributed by atoms with Gasteiger partial charge in [-0.3, -0.25) is 4.79 Å². The average molecular weight is 301 g/mol. The number of hydrogen-bond donors (Lipinski definition) is 1. The first kappa shape index (κ1) is 15.7. The van der Waals surface area contributed by atoms with E-state index in [1.165, 1.54) is 6.20 Å². The summed E-state index contributed by atoms with van der Waals surface area (Å²) >= 11 is 0. The molecule has 0 aromatic carbocycles. The van der Waals surface area contributed by atoms with Crippen LogP contribution in [0, 0.1) is 0 Å². The second kappa shape index (κ2) is 7.35. The number of anilines is 1. The van der Waals surface area contributed by atoms with Crippen molar-refractivity contribution in [3.05, 3.63) is 42.0 Å². The van der Waals surface area contributed by atoms with Crippen molar-refractivity contribution in [2.75, 3.05) is 25.6 Å². The van der Waals surface area contributed by atoms with E-state index in [0.29, 0.717) is 23.9 Å². The van der Waals surface area contributed by atoms with E-state index in [1.54, 1.807) is 18.3 Å². The molecule has 7 heteroatoms. The highest BCUT2D eigenvalue weighted by Gasteiger charge is 2.08. The Kier molecular flexibility index (Phi) is 5.24. The lowest BCUT2D eigenvalue weighted by Crippen LogP contribution is -2.24. The summed E-state index contributed by atoms with van der Waals surface area (Å²) in [6, 6.07) is 5.15. The highest BCUT2D eigenvalue weighted by molar-refractivity contribution is 5.93. The SMILES string of the molecule is CCOc1ccc(C(=O)NCc2nccc(N(C)C)n2)cn1. The number of nitrogens with zero attached hydrogens (tertiary/aromatic N) is 4. The van der Waals surface area contributed by atoms with Gasteiger partial charge in [0.2, 0.25) is 5.88 Å². The highest BCUT2D eigenvalue weighted by atomic mass is 16.5. The number of aromatic nitrogens is 3. The van der Waals surface area contributed by atoms with Crippen LogP contribution in [0.25, 0.3) is 0 Å². The Hall–Kier alpha value is -2.70. The number of rotatable bonds is 6. The molecule has 2 rings (SSSR count). The summed E-state index contributed by atoms with van der Waals surface area (Å²) in [5.41, 5.74) is 0.465. The molecule has 2 aromatic heterocycles. The molecule has 0 fully saturated rings. The van der Waals surface area contributed by atoms with E-state index in [0.717, 1.165) is 5.82 Å². The van der Waals surface area contributed by atoms with E-state index in [4.69, 9.17) is 4.74 Å². The molecule has 1 amide bonds. The van der Waals surface area contributed by atoms with E-state index in [-0.39, 0.29) is 12.5 Å². The fraction of sp³-hybridized carbons (Fsp3) is 0.333. The van der Waals surface area contributed by atoms with E-state index >= 15 is 0 Å². The van der Waals surface area contributed by atoms with E-state index in [9.17, 15) is 4.79 Å². The maximum atomic E-state index is 12.0. The van der Waals surface area contributed by atoms with Gasteiger partial charge in [-0.1, -0.05) is 0 Å². The van der Waals surface area contributed by atoms with Crippen LogP contribution in [0.3, 0.4) is 0 Å². The summed E-state index contributed by atoms with van der Waals surface area (Å²) in [4.78, 5) is 26.5. The summed E-state index contributed by atoms with van der Waals surface area (Å²) in [7, 11) is 3.80. The summed E-state index contributed by atoms with van der Waals surface area (Å²) in [5.74, 6) is 1.62. The lowest BCUT2D eigenvalue weighted by molar-refractivity contribution is 0.0949. The normalized spacial score (nSPS) is 10.1. The van der Waals surface area contributed by atoms with Crippen LogP contribution in [-0.2, 0) is 6.54 Å². The van der Waals surface area contributed by atoms with Crippen LogP contribution in [0.4, 0.5) is 5.82 Å². The molecule has 0 saturated carbocycles. The van der Waals surface area contributed by atoms with Crippen molar-refractivity contribution < 1.29 is 9.53 Å². The number of hydrogen-bond acceptors (Lipinski definition) is 6. The zero-order chi connectivity index (χ0) is 15.9. The minimum absolute atomic E-state index is 0.227. The maximum absolute atomic E-state index is 12.0. The molecule has 0 unspecified atom stereocenters. The van der Waals surface area contributed by atoms with Crippen molar-refractivity contribution in [3.63, 3.8) is 0 Å². The van der Waals surface area contributed by atoms with Gasteiger partial charge in [-0.2, -0.15) is 0 Å². The number of pyridine rings is 1. The number of ether oxygens (including phenoxy) is 1. The van der Waals surface area contributed by atoms with Crippen LogP contribution in [0.1, 0.15) is 23.1 Å². The Labute approximate surface area is 129 Å². The summed E-state index contributed by atoms with van der Waals surface area (Å²) in [6.45, 7) is 2.68. The van der Waals surface area contributed by atoms with Crippen LogP contribution >= 0.6 is 0 Å². The van der Waals surface area contributed by atoms with Gasteiger partial charge in [-0.25, -0.2) is 15.0 Å². The van der Waals surface area contributed by atoms with Crippen LogP contribution in [0.5, 0.6) is 5.88 Å². The molecule has 1 N–H and O–H groups in total. The number of amides is 1. The van der Waals surface area contributed by atoms with Gasteiger partial charge in [0.05, 0.1) is 18.7 Å². The Bertz CT molecular complexity index is 628. The van der Waals surface area contributed by atoms with Gasteiger partial charge in [0.1, 0.15) is 11.6 Å². The zero-order valence-electron chi connectivity index (χ0n) is 12.9. The first-order valence-electron chi connectivity index (χ1n) is 6.96. The van der Waals surface area contributed by atoms with Crippen LogP contribution < -0.4 is 15.0 Å². The van der Waals surface area contributed by atoms with Crippen LogP contribution in [0.2, 0.25) is 0 Å². The standard InChI is InChI=1S/C15H19N5O2/c1-4-22-14-6-5-11(9-17-14)15(21)18-10-12-16-8-7-13(19-12)20(2)3/h5-9H,4,10H2,1-3H3,(H,18,21). The Balaban J connectivity index is 1.96.